The molecule has 0 aliphatic carbocycles. The average molecular weight is 557 g/mol. The number of aromatic nitrogens is 2. The first-order valence-electron chi connectivity index (χ1n) is 13.3. The van der Waals surface area contributed by atoms with Crippen LogP contribution < -0.4 is 24.0 Å². The molecule has 1 aliphatic rings. The highest BCUT2D eigenvalue weighted by atomic mass is 16.5. The molecule has 1 amide bonds. The first kappa shape index (κ1) is 27.6. The predicted octanol–water partition coefficient (Wildman–Crippen LogP) is 5.06. The highest BCUT2D eigenvalue weighted by Crippen LogP contribution is 2.43. The van der Waals surface area contributed by atoms with Gasteiger partial charge in [-0.05, 0) is 55.8 Å². The average Bonchev–Trinajstić information content (AvgIpc) is 3.50. The normalized spacial score (nSPS) is 16.3. The van der Waals surface area contributed by atoms with Gasteiger partial charge in [-0.2, -0.15) is 0 Å². The number of H-pyrrole nitrogens is 1. The van der Waals surface area contributed by atoms with Crippen LogP contribution in [0.5, 0.6) is 17.2 Å². The van der Waals surface area contributed by atoms with Gasteiger partial charge in [0.25, 0.3) is 5.78 Å². The van der Waals surface area contributed by atoms with Gasteiger partial charge in [0, 0.05) is 31.9 Å². The molecule has 1 aromatic heterocycles. The first-order valence-corrected chi connectivity index (χ1v) is 13.3. The Balaban J connectivity index is 1.71. The van der Waals surface area contributed by atoms with Gasteiger partial charge in [-0.1, -0.05) is 12.1 Å². The maximum Gasteiger partial charge on any atom is 0.302 e. The predicted molar refractivity (Wildman–Crippen MR) is 157 cm³/mol. The number of aliphatic hydroxyl groups is 1. The molecule has 4 aromatic rings. The van der Waals surface area contributed by atoms with Crippen LogP contribution in [-0.2, 0) is 9.59 Å². The van der Waals surface area contributed by atoms with Crippen LogP contribution in [0.3, 0.4) is 0 Å². The molecule has 10 heteroatoms. The summed E-state index contributed by atoms with van der Waals surface area (Å²) in [5.74, 6) is -0.322. The second-order valence-electron chi connectivity index (χ2n) is 9.62. The van der Waals surface area contributed by atoms with Crippen molar-refractivity contribution in [1.29, 1.82) is 0 Å². The monoisotopic (exact) mass is 556 g/mol. The molecular formula is C31H32N4O6. The smallest absolute Gasteiger partial charge is 0.302 e. The molecule has 2 heterocycles. The Bertz CT molecular complexity index is 1640. The van der Waals surface area contributed by atoms with E-state index in [0.717, 1.165) is 5.69 Å². The Kier molecular flexibility index (Phi) is 7.56. The SMILES string of the molecule is CCOc1ccc(/C(O)=C2\C(=O)C(=O)N(c3nc4ccc(OC)cc4[nH]3)C2c2ccc(N(C)C)cc2)c(OCC)c1. The zero-order valence-electron chi connectivity index (χ0n) is 23.6. The molecule has 41 heavy (non-hydrogen) atoms. The van der Waals surface area contributed by atoms with E-state index in [1.165, 1.54) is 4.90 Å². The lowest BCUT2D eigenvalue weighted by molar-refractivity contribution is -0.132. The van der Waals surface area contributed by atoms with Crippen LogP contribution in [0.4, 0.5) is 11.6 Å². The molecule has 1 aliphatic heterocycles. The third-order valence-electron chi connectivity index (χ3n) is 6.89. The van der Waals surface area contributed by atoms with Gasteiger partial charge in [0.1, 0.15) is 23.0 Å². The zero-order chi connectivity index (χ0) is 29.3. The quantitative estimate of drug-likeness (QED) is 0.167. The number of ether oxygens (including phenoxy) is 3. The first-order chi connectivity index (χ1) is 19.8. The number of carbonyl (C=O) groups excluding carboxylic acids is 2. The van der Waals surface area contributed by atoms with E-state index in [2.05, 4.69) is 9.97 Å². The van der Waals surface area contributed by atoms with Crippen molar-refractivity contribution in [1.82, 2.24) is 9.97 Å². The number of rotatable bonds is 9. The van der Waals surface area contributed by atoms with E-state index in [1.54, 1.807) is 43.5 Å². The number of aromatic amines is 1. The number of hydrogen-bond acceptors (Lipinski definition) is 8. The van der Waals surface area contributed by atoms with Gasteiger partial charge >= 0.3 is 5.91 Å². The van der Waals surface area contributed by atoms with Crippen molar-refractivity contribution in [3.8, 4) is 17.2 Å². The molecule has 3 aromatic carbocycles. The Morgan fingerprint density at radius 2 is 1.68 bits per heavy atom. The molecule has 0 radical (unpaired) electrons. The van der Waals surface area contributed by atoms with Crippen molar-refractivity contribution < 1.29 is 28.9 Å². The van der Waals surface area contributed by atoms with Crippen LogP contribution in [0.2, 0.25) is 0 Å². The number of aliphatic hydroxyl groups excluding tert-OH is 1. The fourth-order valence-electron chi connectivity index (χ4n) is 4.91. The molecule has 212 valence electrons. The van der Waals surface area contributed by atoms with Gasteiger partial charge in [0.05, 0.1) is 48.5 Å². The minimum Gasteiger partial charge on any atom is -0.507 e. The molecule has 5 rings (SSSR count). The number of nitrogens with one attached hydrogen (secondary N) is 1. The summed E-state index contributed by atoms with van der Waals surface area (Å²) in [5, 5.41) is 11.7. The summed E-state index contributed by atoms with van der Waals surface area (Å²) in [6, 6.07) is 16.7. The van der Waals surface area contributed by atoms with E-state index in [9.17, 15) is 14.7 Å². The summed E-state index contributed by atoms with van der Waals surface area (Å²) < 4.78 is 16.7. The fraction of sp³-hybridized carbons (Fsp3) is 0.258. The molecule has 2 N–H and O–H groups in total. The van der Waals surface area contributed by atoms with Crippen molar-refractivity contribution in [3.05, 3.63) is 77.4 Å². The minimum absolute atomic E-state index is 0.0734. The van der Waals surface area contributed by atoms with E-state index in [4.69, 9.17) is 14.2 Å². The van der Waals surface area contributed by atoms with Gasteiger partial charge in [-0.25, -0.2) is 4.98 Å². The number of anilines is 2. The Morgan fingerprint density at radius 1 is 0.976 bits per heavy atom. The van der Waals surface area contributed by atoms with Gasteiger partial charge in [0.15, 0.2) is 0 Å². The summed E-state index contributed by atoms with van der Waals surface area (Å²) in [4.78, 5) is 38.3. The number of benzene rings is 3. The summed E-state index contributed by atoms with van der Waals surface area (Å²) in [5.41, 5.74) is 2.99. The molecule has 0 spiro atoms. The third kappa shape index (κ3) is 5.04. The number of Topliss-reactive ketones (excluding diaryl/α,β-unsaturated/α-hetero) is 1. The Hall–Kier alpha value is -4.99. The number of imidazole rings is 1. The van der Waals surface area contributed by atoms with E-state index < -0.39 is 17.7 Å². The Labute approximate surface area is 237 Å². The summed E-state index contributed by atoms with van der Waals surface area (Å²) >= 11 is 0. The minimum atomic E-state index is -0.963. The van der Waals surface area contributed by atoms with E-state index in [-0.39, 0.29) is 22.8 Å². The third-order valence-corrected chi connectivity index (χ3v) is 6.89. The van der Waals surface area contributed by atoms with Gasteiger partial charge in [-0.15, -0.1) is 0 Å². The highest BCUT2D eigenvalue weighted by Gasteiger charge is 2.48. The lowest BCUT2D eigenvalue weighted by Crippen LogP contribution is -2.30. The number of fused-ring (bicyclic) bond motifs is 1. The second kappa shape index (κ2) is 11.2. The topological polar surface area (TPSA) is 117 Å². The van der Waals surface area contributed by atoms with Crippen LogP contribution in [-0.4, -0.2) is 61.2 Å². The number of hydrogen-bond donors (Lipinski definition) is 2. The lowest BCUT2D eigenvalue weighted by Gasteiger charge is -2.24. The van der Waals surface area contributed by atoms with Crippen molar-refractivity contribution in [3.63, 3.8) is 0 Å². The molecule has 1 atom stereocenters. The molecule has 1 fully saturated rings. The van der Waals surface area contributed by atoms with Crippen molar-refractivity contribution >= 4 is 40.1 Å². The highest BCUT2D eigenvalue weighted by molar-refractivity contribution is 6.51. The maximum absolute atomic E-state index is 13.7. The summed E-state index contributed by atoms with van der Waals surface area (Å²) in [6.07, 6.45) is 0. The van der Waals surface area contributed by atoms with Crippen molar-refractivity contribution in [2.75, 3.05) is 44.2 Å². The molecular weight excluding hydrogens is 524 g/mol. The Morgan fingerprint density at radius 3 is 2.34 bits per heavy atom. The van der Waals surface area contributed by atoms with Gasteiger partial charge in [-0.3, -0.25) is 14.5 Å². The number of methoxy groups -OCH3 is 1. The zero-order valence-corrected chi connectivity index (χ0v) is 23.6. The van der Waals surface area contributed by atoms with Gasteiger partial charge < -0.3 is 29.2 Å². The largest absolute Gasteiger partial charge is 0.507 e. The van der Waals surface area contributed by atoms with Crippen molar-refractivity contribution in [2.24, 2.45) is 0 Å². The fourth-order valence-corrected chi connectivity index (χ4v) is 4.91. The van der Waals surface area contributed by atoms with Crippen LogP contribution in [0.25, 0.3) is 16.8 Å². The molecule has 1 unspecified atom stereocenters. The lowest BCUT2D eigenvalue weighted by atomic mass is 9.94. The molecule has 1 saturated heterocycles. The van der Waals surface area contributed by atoms with Crippen LogP contribution in [0, 0.1) is 0 Å². The maximum atomic E-state index is 13.7. The van der Waals surface area contributed by atoms with Crippen LogP contribution in [0.1, 0.15) is 31.0 Å². The van der Waals surface area contributed by atoms with Crippen molar-refractivity contribution in [2.45, 2.75) is 19.9 Å². The van der Waals surface area contributed by atoms with Crippen LogP contribution >= 0.6 is 0 Å². The summed E-state index contributed by atoms with van der Waals surface area (Å²) in [7, 11) is 5.40. The van der Waals surface area contributed by atoms with E-state index in [1.807, 2.05) is 57.1 Å². The summed E-state index contributed by atoms with van der Waals surface area (Å²) in [6.45, 7) is 4.46. The second-order valence-corrected chi connectivity index (χ2v) is 9.62. The molecule has 0 saturated carbocycles. The van der Waals surface area contributed by atoms with E-state index >= 15 is 0 Å². The number of amides is 1. The van der Waals surface area contributed by atoms with E-state index in [0.29, 0.717) is 47.1 Å². The van der Waals surface area contributed by atoms with Crippen LogP contribution in [0.15, 0.2) is 66.2 Å². The number of nitrogens with zero attached hydrogens (tertiary/aromatic N) is 3. The van der Waals surface area contributed by atoms with Gasteiger partial charge in [0.2, 0.25) is 5.95 Å². The number of ketones is 1. The molecule has 0 bridgehead atoms. The standard InChI is InChI=1S/C31H32N4O6/c1-6-40-21-12-14-22(25(17-21)41-7-2)28(36)26-27(18-8-10-19(11-9-18)34(3)4)35(30(38)29(26)37)31-32-23-15-13-20(39-5)16-24(23)33-31/h8-17,27,36H,6-7H2,1-5H3,(H,32,33)/b28-26+. The molecule has 10 nitrogen and oxygen atoms in total. The number of carbonyl (C=O) groups is 2.